The summed E-state index contributed by atoms with van der Waals surface area (Å²) in [6.45, 7) is 1.91. The van der Waals surface area contributed by atoms with Gasteiger partial charge in [0.2, 0.25) is 0 Å². The van der Waals surface area contributed by atoms with Crippen LogP contribution in [0.15, 0.2) is 30.3 Å². The lowest BCUT2D eigenvalue weighted by Crippen LogP contribution is -2.62. The molecule has 5 heteroatoms. The molecule has 5 aliphatic rings. The van der Waals surface area contributed by atoms with Crippen molar-refractivity contribution in [3.05, 3.63) is 35.9 Å². The second-order valence-corrected chi connectivity index (χ2v) is 9.39. The highest BCUT2D eigenvalue weighted by atomic mass is 16.5. The van der Waals surface area contributed by atoms with Crippen LogP contribution in [-0.4, -0.2) is 58.8 Å². The van der Waals surface area contributed by atoms with E-state index >= 15 is 0 Å². The largest absolute Gasteiger partial charge is 0.390 e. The first kappa shape index (κ1) is 17.5. The Morgan fingerprint density at radius 2 is 1.85 bits per heavy atom. The van der Waals surface area contributed by atoms with Gasteiger partial charge in [0.25, 0.3) is 0 Å². The van der Waals surface area contributed by atoms with Crippen LogP contribution in [0.1, 0.15) is 37.7 Å². The van der Waals surface area contributed by atoms with Crippen LogP contribution in [0.2, 0.25) is 0 Å². The quantitative estimate of drug-likeness (QED) is 0.867. The van der Waals surface area contributed by atoms with Gasteiger partial charge in [-0.3, -0.25) is 0 Å². The molecule has 2 amide bonds. The molecule has 6 rings (SSSR count). The number of amides is 2. The molecule has 1 heterocycles. The maximum Gasteiger partial charge on any atom is 0.320 e. The monoisotopic (exact) mass is 370 g/mol. The van der Waals surface area contributed by atoms with E-state index in [2.05, 4.69) is 17.0 Å². The average molecular weight is 370 g/mol. The molecule has 5 nitrogen and oxygen atoms in total. The van der Waals surface area contributed by atoms with Crippen molar-refractivity contribution >= 4 is 6.03 Å². The molecule has 27 heavy (non-hydrogen) atoms. The molecule has 146 valence electrons. The van der Waals surface area contributed by atoms with E-state index in [1.807, 2.05) is 30.1 Å². The summed E-state index contributed by atoms with van der Waals surface area (Å²) in [6.07, 6.45) is 5.12. The van der Waals surface area contributed by atoms with Crippen molar-refractivity contribution in [3.8, 4) is 0 Å². The van der Waals surface area contributed by atoms with Crippen LogP contribution in [-0.2, 0) is 11.3 Å². The van der Waals surface area contributed by atoms with E-state index < -0.39 is 5.60 Å². The molecule has 4 saturated carbocycles. The zero-order valence-electron chi connectivity index (χ0n) is 16.1. The number of rotatable bonds is 5. The Labute approximate surface area is 161 Å². The van der Waals surface area contributed by atoms with Crippen molar-refractivity contribution in [1.29, 1.82) is 0 Å². The number of nitrogens with zero attached hydrogens (tertiary/aromatic N) is 2. The topological polar surface area (TPSA) is 53.0 Å². The first-order chi connectivity index (χ1) is 13.0. The first-order valence-electron chi connectivity index (χ1n) is 10.4. The average Bonchev–Trinajstić information content (AvgIpc) is 2.90. The Kier molecular flexibility index (Phi) is 4.21. The number of carbonyl (C=O) groups excluding carboxylic acids is 1. The lowest BCUT2D eigenvalue weighted by Gasteiger charge is -2.59. The van der Waals surface area contributed by atoms with Gasteiger partial charge in [-0.2, -0.15) is 0 Å². The number of aliphatic hydroxyl groups is 1. The Hall–Kier alpha value is -1.59. The van der Waals surface area contributed by atoms with Crippen molar-refractivity contribution in [2.24, 2.45) is 17.8 Å². The molecule has 1 N–H and O–H groups in total. The zero-order valence-corrected chi connectivity index (χ0v) is 16.1. The van der Waals surface area contributed by atoms with E-state index in [-0.39, 0.29) is 12.1 Å². The van der Waals surface area contributed by atoms with Gasteiger partial charge in [-0.15, -0.1) is 0 Å². The third kappa shape index (κ3) is 3.05. The number of hydrogen-bond donors (Lipinski definition) is 1. The van der Waals surface area contributed by atoms with E-state index in [1.165, 1.54) is 12.8 Å². The maximum absolute atomic E-state index is 13.0. The van der Waals surface area contributed by atoms with Crippen LogP contribution >= 0.6 is 0 Å². The summed E-state index contributed by atoms with van der Waals surface area (Å²) in [4.78, 5) is 17.0. The van der Waals surface area contributed by atoms with Crippen LogP contribution in [0.25, 0.3) is 0 Å². The van der Waals surface area contributed by atoms with Crippen molar-refractivity contribution in [2.45, 2.75) is 56.4 Å². The van der Waals surface area contributed by atoms with Gasteiger partial charge in [0.05, 0.1) is 24.9 Å². The number of benzene rings is 1. The first-order valence-corrected chi connectivity index (χ1v) is 10.4. The molecule has 4 aliphatic carbocycles. The molecule has 1 aromatic carbocycles. The smallest absolute Gasteiger partial charge is 0.320 e. The molecule has 3 atom stereocenters. The predicted molar refractivity (Wildman–Crippen MR) is 102 cm³/mol. The lowest BCUT2D eigenvalue weighted by molar-refractivity contribution is -0.152. The second-order valence-electron chi connectivity index (χ2n) is 9.39. The van der Waals surface area contributed by atoms with E-state index in [1.54, 1.807) is 0 Å². The minimum Gasteiger partial charge on any atom is -0.390 e. The fourth-order valence-electron chi connectivity index (χ4n) is 6.55. The molecule has 0 radical (unpaired) electrons. The van der Waals surface area contributed by atoms with E-state index in [4.69, 9.17) is 4.74 Å². The Balaban J connectivity index is 1.23. The third-order valence-electron chi connectivity index (χ3n) is 7.48. The Morgan fingerprint density at radius 1 is 1.15 bits per heavy atom. The fraction of sp³-hybridized carbons (Fsp3) is 0.682. The van der Waals surface area contributed by atoms with Gasteiger partial charge in [0.1, 0.15) is 0 Å². The van der Waals surface area contributed by atoms with Crippen LogP contribution in [0.4, 0.5) is 4.79 Å². The predicted octanol–water partition coefficient (Wildman–Crippen LogP) is 2.88. The van der Waals surface area contributed by atoms with Gasteiger partial charge in [-0.1, -0.05) is 30.3 Å². The number of likely N-dealkylation sites (N-methyl/N-ethyl adjacent to an activating group) is 1. The molecule has 0 aromatic heterocycles. The molecule has 1 saturated heterocycles. The Bertz CT molecular complexity index is 693. The van der Waals surface area contributed by atoms with Gasteiger partial charge >= 0.3 is 6.03 Å². The zero-order chi connectivity index (χ0) is 18.6. The van der Waals surface area contributed by atoms with E-state index in [0.29, 0.717) is 37.0 Å². The summed E-state index contributed by atoms with van der Waals surface area (Å²) in [7, 11) is 1.91. The summed E-state index contributed by atoms with van der Waals surface area (Å²) in [5.74, 6) is 1.62. The summed E-state index contributed by atoms with van der Waals surface area (Å²) >= 11 is 0. The summed E-state index contributed by atoms with van der Waals surface area (Å²) in [6, 6.07) is 10.7. The molecule has 5 fully saturated rings. The van der Waals surface area contributed by atoms with Crippen molar-refractivity contribution in [2.75, 3.05) is 20.2 Å². The Morgan fingerprint density at radius 3 is 2.52 bits per heavy atom. The molecule has 0 spiro atoms. The highest BCUT2D eigenvalue weighted by Crippen LogP contribution is 2.57. The van der Waals surface area contributed by atoms with Crippen molar-refractivity contribution in [3.63, 3.8) is 0 Å². The standard InChI is InChI=1S/C22H30N2O3/c1-23-19(14-27-13-15-5-3-2-4-6-15)12-24(21(23)25)20-17-7-16-8-18(20)11-22(26,9-16)10-17/h2-6,16-20,26H,7-14H2,1H3. The molecule has 3 unspecified atom stereocenters. The molecule has 4 bridgehead atoms. The maximum atomic E-state index is 13.0. The molecule has 1 aromatic rings. The normalized spacial score (nSPS) is 40.2. The van der Waals surface area contributed by atoms with Crippen LogP contribution in [0, 0.1) is 17.8 Å². The lowest BCUT2D eigenvalue weighted by atomic mass is 9.52. The molecular weight excluding hydrogens is 340 g/mol. The van der Waals surface area contributed by atoms with Crippen LogP contribution in [0.3, 0.4) is 0 Å². The number of urea groups is 1. The number of ether oxygens (including phenoxy) is 1. The van der Waals surface area contributed by atoms with Crippen LogP contribution in [0.5, 0.6) is 0 Å². The fourth-order valence-corrected chi connectivity index (χ4v) is 6.55. The number of hydrogen-bond acceptors (Lipinski definition) is 3. The highest BCUT2D eigenvalue weighted by Gasteiger charge is 2.58. The summed E-state index contributed by atoms with van der Waals surface area (Å²) in [5, 5.41) is 10.8. The SMILES string of the molecule is CN1C(=O)N(C2C3CC4CC2CC(O)(C4)C3)CC1COCc1ccccc1. The molecular formula is C22H30N2O3. The van der Waals surface area contributed by atoms with Gasteiger partial charge in [-0.25, -0.2) is 4.79 Å². The molecule has 1 aliphatic heterocycles. The van der Waals surface area contributed by atoms with E-state index in [9.17, 15) is 9.90 Å². The minimum absolute atomic E-state index is 0.112. The van der Waals surface area contributed by atoms with Gasteiger partial charge < -0.3 is 19.6 Å². The number of carbonyl (C=O) groups is 1. The van der Waals surface area contributed by atoms with Gasteiger partial charge in [0, 0.05) is 19.6 Å². The summed E-state index contributed by atoms with van der Waals surface area (Å²) in [5.41, 5.74) is 0.718. The van der Waals surface area contributed by atoms with Gasteiger partial charge in [0.15, 0.2) is 0 Å². The second kappa shape index (κ2) is 6.49. The van der Waals surface area contributed by atoms with Crippen molar-refractivity contribution < 1.29 is 14.6 Å². The van der Waals surface area contributed by atoms with Crippen LogP contribution < -0.4 is 0 Å². The third-order valence-corrected chi connectivity index (χ3v) is 7.48. The van der Waals surface area contributed by atoms with E-state index in [0.717, 1.165) is 31.4 Å². The minimum atomic E-state index is -0.445. The highest BCUT2D eigenvalue weighted by molar-refractivity contribution is 5.77. The van der Waals surface area contributed by atoms with Gasteiger partial charge in [-0.05, 0) is 55.4 Å². The van der Waals surface area contributed by atoms with Crippen molar-refractivity contribution in [1.82, 2.24) is 9.80 Å². The summed E-state index contributed by atoms with van der Waals surface area (Å²) < 4.78 is 5.93.